The minimum absolute atomic E-state index is 0.139. The zero-order valence-electron chi connectivity index (χ0n) is 22.8. The summed E-state index contributed by atoms with van der Waals surface area (Å²) in [6.45, 7) is 5.01. The van der Waals surface area contributed by atoms with Crippen molar-refractivity contribution in [3.63, 3.8) is 0 Å². The van der Waals surface area contributed by atoms with E-state index in [2.05, 4.69) is 0 Å². The number of carbonyl (C=O) groups excluding carboxylic acids is 4. The molecule has 0 unspecified atom stereocenters. The normalized spacial score (nSPS) is 23.2. The topological polar surface area (TPSA) is 105 Å². The summed E-state index contributed by atoms with van der Waals surface area (Å²) in [6.07, 6.45) is 8.59. The number of carbonyl (C=O) groups is 4. The van der Waals surface area contributed by atoms with Crippen LogP contribution in [0.25, 0.3) is 0 Å². The quantitative estimate of drug-likeness (QED) is 0.190. The standard InChI is InChI=1S/C30H42O8/c1-3-5-19-35-27(31)21-7-11-23(12-8-21)29(33)37-25-15-17-26(18-16-25)38-30(34)24-13-9-22(10-14-24)28(32)36-20-6-4-2/h15-18,21-24H,3-14,19-20H2,1-2H3. The lowest BCUT2D eigenvalue weighted by Gasteiger charge is -2.26. The number of rotatable bonds is 12. The van der Waals surface area contributed by atoms with Crippen molar-refractivity contribution < 1.29 is 38.1 Å². The van der Waals surface area contributed by atoms with Crippen molar-refractivity contribution in [3.05, 3.63) is 24.3 Å². The first-order valence-corrected chi connectivity index (χ1v) is 14.3. The number of benzene rings is 1. The fraction of sp³-hybridized carbons (Fsp3) is 0.667. The highest BCUT2D eigenvalue weighted by atomic mass is 16.5. The molecule has 0 aromatic heterocycles. The van der Waals surface area contributed by atoms with Gasteiger partial charge in [0.2, 0.25) is 0 Å². The van der Waals surface area contributed by atoms with Gasteiger partial charge in [-0.2, -0.15) is 0 Å². The molecule has 0 aliphatic heterocycles. The van der Waals surface area contributed by atoms with Crippen molar-refractivity contribution in [3.8, 4) is 11.5 Å². The van der Waals surface area contributed by atoms with Gasteiger partial charge in [-0.05, 0) is 88.5 Å². The van der Waals surface area contributed by atoms with Crippen molar-refractivity contribution in [1.82, 2.24) is 0 Å². The maximum absolute atomic E-state index is 12.6. The van der Waals surface area contributed by atoms with Crippen molar-refractivity contribution >= 4 is 23.9 Å². The highest BCUT2D eigenvalue weighted by Crippen LogP contribution is 2.33. The van der Waals surface area contributed by atoms with E-state index in [4.69, 9.17) is 18.9 Å². The van der Waals surface area contributed by atoms with Crippen LogP contribution in [0.3, 0.4) is 0 Å². The van der Waals surface area contributed by atoms with Gasteiger partial charge >= 0.3 is 23.9 Å². The Labute approximate surface area is 225 Å². The van der Waals surface area contributed by atoms with Crippen LogP contribution in [0.5, 0.6) is 11.5 Å². The zero-order valence-corrected chi connectivity index (χ0v) is 22.8. The van der Waals surface area contributed by atoms with Crippen LogP contribution in [-0.2, 0) is 28.7 Å². The summed E-state index contributed by atoms with van der Waals surface area (Å²) in [5.74, 6) is -0.927. The third-order valence-electron chi connectivity index (χ3n) is 7.53. The SMILES string of the molecule is CCCCOC(=O)C1CCC(C(=O)Oc2ccc(OC(=O)C3CCC(C(=O)OCCCC)CC3)cc2)CC1. The van der Waals surface area contributed by atoms with Crippen LogP contribution in [0.1, 0.15) is 90.9 Å². The molecule has 0 amide bonds. The van der Waals surface area contributed by atoms with Crippen LogP contribution >= 0.6 is 0 Å². The van der Waals surface area contributed by atoms with Gasteiger partial charge in [0.15, 0.2) is 0 Å². The van der Waals surface area contributed by atoms with E-state index >= 15 is 0 Å². The molecule has 0 N–H and O–H groups in total. The molecular formula is C30H42O8. The molecular weight excluding hydrogens is 488 g/mol. The highest BCUT2D eigenvalue weighted by Gasteiger charge is 2.33. The lowest BCUT2D eigenvalue weighted by molar-refractivity contribution is -0.152. The Balaban J connectivity index is 1.37. The molecule has 2 fully saturated rings. The van der Waals surface area contributed by atoms with Gasteiger partial charge in [0.25, 0.3) is 0 Å². The monoisotopic (exact) mass is 530 g/mol. The molecule has 1 aromatic carbocycles. The molecule has 2 aliphatic rings. The first-order valence-electron chi connectivity index (χ1n) is 14.3. The molecule has 2 saturated carbocycles. The molecule has 0 atom stereocenters. The summed E-state index contributed by atoms with van der Waals surface area (Å²) in [4.78, 5) is 49.5. The summed E-state index contributed by atoms with van der Waals surface area (Å²) >= 11 is 0. The van der Waals surface area contributed by atoms with Gasteiger partial charge in [-0.1, -0.05) is 26.7 Å². The number of esters is 4. The minimum Gasteiger partial charge on any atom is -0.465 e. The van der Waals surface area contributed by atoms with Crippen molar-refractivity contribution in [1.29, 1.82) is 0 Å². The van der Waals surface area contributed by atoms with Crippen LogP contribution in [0.4, 0.5) is 0 Å². The maximum Gasteiger partial charge on any atom is 0.314 e. The minimum atomic E-state index is -0.308. The van der Waals surface area contributed by atoms with Crippen molar-refractivity contribution in [2.75, 3.05) is 13.2 Å². The van der Waals surface area contributed by atoms with E-state index in [9.17, 15) is 19.2 Å². The number of hydrogen-bond acceptors (Lipinski definition) is 8. The van der Waals surface area contributed by atoms with Crippen LogP contribution in [0.2, 0.25) is 0 Å². The Kier molecular flexibility index (Phi) is 12.1. The third kappa shape index (κ3) is 9.14. The summed E-state index contributed by atoms with van der Waals surface area (Å²) in [5, 5.41) is 0. The van der Waals surface area contributed by atoms with Crippen molar-refractivity contribution in [2.45, 2.75) is 90.9 Å². The predicted octanol–water partition coefficient (Wildman–Crippen LogP) is 5.80. The number of hydrogen-bond donors (Lipinski definition) is 0. The Bertz CT molecular complexity index is 834. The van der Waals surface area contributed by atoms with E-state index in [1.54, 1.807) is 24.3 Å². The van der Waals surface area contributed by atoms with Gasteiger partial charge < -0.3 is 18.9 Å². The van der Waals surface area contributed by atoms with Gasteiger partial charge in [-0.15, -0.1) is 0 Å². The smallest absolute Gasteiger partial charge is 0.314 e. The lowest BCUT2D eigenvalue weighted by atomic mass is 9.82. The number of ether oxygens (including phenoxy) is 4. The molecule has 8 nitrogen and oxygen atoms in total. The third-order valence-corrected chi connectivity index (χ3v) is 7.53. The molecule has 1 aromatic rings. The molecule has 0 saturated heterocycles. The number of unbranched alkanes of at least 4 members (excludes halogenated alkanes) is 2. The summed E-state index contributed by atoms with van der Waals surface area (Å²) in [7, 11) is 0. The molecule has 3 rings (SSSR count). The summed E-state index contributed by atoms with van der Waals surface area (Å²) in [5.41, 5.74) is 0. The first-order chi connectivity index (χ1) is 18.4. The first kappa shape index (κ1) is 29.7. The van der Waals surface area contributed by atoms with Gasteiger partial charge in [0, 0.05) is 0 Å². The molecule has 0 spiro atoms. The molecule has 2 aliphatic carbocycles. The molecule has 0 heterocycles. The average Bonchev–Trinajstić information content (AvgIpc) is 2.94. The molecule has 0 bridgehead atoms. The largest absolute Gasteiger partial charge is 0.465 e. The predicted molar refractivity (Wildman–Crippen MR) is 140 cm³/mol. The Morgan fingerprint density at radius 1 is 0.553 bits per heavy atom. The van der Waals surface area contributed by atoms with Gasteiger partial charge in [0.05, 0.1) is 36.9 Å². The second-order valence-corrected chi connectivity index (χ2v) is 10.5. The zero-order chi connectivity index (χ0) is 27.3. The Hall–Kier alpha value is -2.90. The van der Waals surface area contributed by atoms with E-state index in [1.165, 1.54) is 0 Å². The Morgan fingerprint density at radius 3 is 1.13 bits per heavy atom. The average molecular weight is 531 g/mol. The fourth-order valence-corrected chi connectivity index (χ4v) is 4.97. The van der Waals surface area contributed by atoms with E-state index < -0.39 is 0 Å². The molecule has 8 heteroatoms. The van der Waals surface area contributed by atoms with Gasteiger partial charge in [0.1, 0.15) is 11.5 Å². The van der Waals surface area contributed by atoms with Crippen LogP contribution in [-0.4, -0.2) is 37.1 Å². The second kappa shape index (κ2) is 15.5. The van der Waals surface area contributed by atoms with E-state index in [0.717, 1.165) is 25.7 Å². The second-order valence-electron chi connectivity index (χ2n) is 10.5. The summed E-state index contributed by atoms with van der Waals surface area (Å²) < 4.78 is 21.7. The van der Waals surface area contributed by atoms with Crippen LogP contribution < -0.4 is 9.47 Å². The highest BCUT2D eigenvalue weighted by molar-refractivity contribution is 5.78. The lowest BCUT2D eigenvalue weighted by Crippen LogP contribution is -2.29. The molecule has 38 heavy (non-hydrogen) atoms. The maximum atomic E-state index is 12.6. The molecule has 210 valence electrons. The Morgan fingerprint density at radius 2 is 0.842 bits per heavy atom. The fourth-order valence-electron chi connectivity index (χ4n) is 4.97. The summed E-state index contributed by atoms with van der Waals surface area (Å²) in [6, 6.07) is 6.45. The van der Waals surface area contributed by atoms with E-state index in [-0.39, 0.29) is 47.5 Å². The van der Waals surface area contributed by atoms with Crippen LogP contribution in [0.15, 0.2) is 24.3 Å². The van der Waals surface area contributed by atoms with Crippen molar-refractivity contribution in [2.24, 2.45) is 23.7 Å². The van der Waals surface area contributed by atoms with Crippen LogP contribution in [0, 0.1) is 23.7 Å². The van der Waals surface area contributed by atoms with E-state index in [1.807, 2.05) is 13.8 Å². The van der Waals surface area contributed by atoms with Gasteiger partial charge in [-0.3, -0.25) is 19.2 Å². The van der Waals surface area contributed by atoms with Gasteiger partial charge in [-0.25, -0.2) is 0 Å². The molecule has 0 radical (unpaired) electrons. The van der Waals surface area contributed by atoms with E-state index in [0.29, 0.717) is 76.1 Å².